The topological polar surface area (TPSA) is 40.5 Å². The second kappa shape index (κ2) is 4.25. The first-order valence-electron chi connectivity index (χ1n) is 5.18. The highest BCUT2D eigenvalue weighted by Gasteiger charge is 2.38. The third-order valence-corrected chi connectivity index (χ3v) is 2.97. The van der Waals surface area contributed by atoms with Crippen LogP contribution in [0.5, 0.6) is 0 Å². The Morgan fingerprint density at radius 1 is 1.62 bits per heavy atom. The fourth-order valence-corrected chi connectivity index (χ4v) is 2.02. The van der Waals surface area contributed by atoms with E-state index in [0.29, 0.717) is 12.8 Å². The van der Waals surface area contributed by atoms with Crippen molar-refractivity contribution in [1.82, 2.24) is 0 Å². The lowest BCUT2D eigenvalue weighted by atomic mass is 9.77. The number of rotatable bonds is 3. The molecule has 0 spiro atoms. The second-order valence-electron chi connectivity index (χ2n) is 4.12. The normalized spacial score (nSPS) is 35.0. The molecule has 0 aromatic carbocycles. The van der Waals surface area contributed by atoms with E-state index in [-0.39, 0.29) is 0 Å². The zero-order valence-corrected chi connectivity index (χ0v) is 8.42. The first kappa shape index (κ1) is 10.7. The summed E-state index contributed by atoms with van der Waals surface area (Å²) in [6.07, 6.45) is 4.55. The molecule has 76 valence electrons. The van der Waals surface area contributed by atoms with Crippen molar-refractivity contribution >= 4 is 0 Å². The number of aliphatic hydroxyl groups excluding tert-OH is 1. The Labute approximate surface area is 80.3 Å². The van der Waals surface area contributed by atoms with E-state index in [9.17, 15) is 10.2 Å². The van der Waals surface area contributed by atoms with Gasteiger partial charge in [-0.05, 0) is 31.3 Å². The Bertz CT molecular complexity index is 189. The molecule has 1 saturated carbocycles. The van der Waals surface area contributed by atoms with Gasteiger partial charge in [-0.3, -0.25) is 0 Å². The molecule has 0 bridgehead atoms. The minimum absolute atomic E-state index is 0.698. The predicted molar refractivity (Wildman–Crippen MR) is 53.5 cm³/mol. The van der Waals surface area contributed by atoms with Crippen LogP contribution < -0.4 is 0 Å². The highest BCUT2D eigenvalue weighted by Crippen LogP contribution is 2.34. The molecule has 0 amide bonds. The minimum Gasteiger partial charge on any atom is -0.387 e. The first-order valence-corrected chi connectivity index (χ1v) is 5.18. The van der Waals surface area contributed by atoms with E-state index in [1.807, 2.05) is 0 Å². The Morgan fingerprint density at radius 2 is 2.31 bits per heavy atom. The molecular formula is C11H20O2. The number of hydrogen-bond acceptors (Lipinski definition) is 2. The number of hydrogen-bond donors (Lipinski definition) is 2. The zero-order valence-electron chi connectivity index (χ0n) is 8.42. The molecule has 0 aromatic heterocycles. The van der Waals surface area contributed by atoms with Crippen molar-refractivity contribution in [3.63, 3.8) is 0 Å². The van der Waals surface area contributed by atoms with Crippen molar-refractivity contribution in [3.8, 4) is 0 Å². The monoisotopic (exact) mass is 184 g/mol. The molecule has 0 heterocycles. The van der Waals surface area contributed by atoms with E-state index in [4.69, 9.17) is 0 Å². The van der Waals surface area contributed by atoms with E-state index in [1.165, 1.54) is 0 Å². The van der Waals surface area contributed by atoms with E-state index >= 15 is 0 Å². The zero-order chi connectivity index (χ0) is 9.90. The summed E-state index contributed by atoms with van der Waals surface area (Å²) in [5, 5.41) is 19.9. The predicted octanol–water partition coefficient (Wildman–Crippen LogP) is 2.01. The molecule has 0 saturated heterocycles. The molecule has 2 nitrogen and oxygen atoms in total. The lowest BCUT2D eigenvalue weighted by Crippen LogP contribution is -2.45. The Morgan fingerprint density at radius 3 is 2.92 bits per heavy atom. The molecule has 0 aliphatic heterocycles. The second-order valence-corrected chi connectivity index (χ2v) is 4.12. The van der Waals surface area contributed by atoms with Crippen LogP contribution in [0.15, 0.2) is 12.2 Å². The summed E-state index contributed by atoms with van der Waals surface area (Å²) in [7, 11) is 0. The molecule has 1 rings (SSSR count). The van der Waals surface area contributed by atoms with E-state index < -0.39 is 11.7 Å². The maximum Gasteiger partial charge on any atom is 0.103 e. The van der Waals surface area contributed by atoms with Crippen LogP contribution in [0.25, 0.3) is 0 Å². The van der Waals surface area contributed by atoms with Crippen LogP contribution >= 0.6 is 0 Å². The maximum atomic E-state index is 10.1. The molecule has 1 aliphatic rings. The minimum atomic E-state index is -0.884. The molecule has 2 heteroatoms. The first-order chi connectivity index (χ1) is 6.10. The summed E-state index contributed by atoms with van der Waals surface area (Å²) < 4.78 is 0. The van der Waals surface area contributed by atoms with Gasteiger partial charge in [0.1, 0.15) is 6.10 Å². The summed E-state index contributed by atoms with van der Waals surface area (Å²) in [5.74, 6) is 0. The van der Waals surface area contributed by atoms with Crippen LogP contribution in [0.1, 0.15) is 45.4 Å². The Hall–Kier alpha value is -0.340. The molecule has 0 radical (unpaired) electrons. The van der Waals surface area contributed by atoms with E-state index in [0.717, 1.165) is 31.3 Å². The fourth-order valence-electron chi connectivity index (χ4n) is 2.02. The van der Waals surface area contributed by atoms with E-state index in [2.05, 4.69) is 13.5 Å². The van der Waals surface area contributed by atoms with Gasteiger partial charge in [0.2, 0.25) is 0 Å². The van der Waals surface area contributed by atoms with Gasteiger partial charge in [0.05, 0.1) is 5.60 Å². The molecule has 0 aromatic rings. The summed E-state index contributed by atoms with van der Waals surface area (Å²) in [5.41, 5.74) is -0.0874. The van der Waals surface area contributed by atoms with Gasteiger partial charge in [0.15, 0.2) is 0 Å². The molecule has 2 N–H and O–H groups in total. The van der Waals surface area contributed by atoms with Crippen LogP contribution in [0.4, 0.5) is 0 Å². The summed E-state index contributed by atoms with van der Waals surface area (Å²) in [6.45, 7) is 5.88. The Balaban J connectivity index is 2.58. The lowest BCUT2D eigenvalue weighted by molar-refractivity contribution is -0.0820. The van der Waals surface area contributed by atoms with Gasteiger partial charge in [0, 0.05) is 0 Å². The largest absolute Gasteiger partial charge is 0.387 e. The summed E-state index contributed by atoms with van der Waals surface area (Å²) in [4.78, 5) is 0. The smallest absolute Gasteiger partial charge is 0.103 e. The van der Waals surface area contributed by atoms with Crippen LogP contribution in [-0.4, -0.2) is 21.9 Å². The average molecular weight is 184 g/mol. The van der Waals surface area contributed by atoms with Gasteiger partial charge in [0.25, 0.3) is 0 Å². The fraction of sp³-hybridized carbons (Fsp3) is 0.818. The summed E-state index contributed by atoms with van der Waals surface area (Å²) in [6, 6.07) is 0. The van der Waals surface area contributed by atoms with Gasteiger partial charge < -0.3 is 10.2 Å². The van der Waals surface area contributed by atoms with Crippen molar-refractivity contribution < 1.29 is 10.2 Å². The van der Waals surface area contributed by atoms with Gasteiger partial charge >= 0.3 is 0 Å². The van der Waals surface area contributed by atoms with E-state index in [1.54, 1.807) is 0 Å². The van der Waals surface area contributed by atoms with Gasteiger partial charge in [-0.15, -0.1) is 0 Å². The van der Waals surface area contributed by atoms with Crippen LogP contribution in [0, 0.1) is 0 Å². The quantitative estimate of drug-likeness (QED) is 0.659. The van der Waals surface area contributed by atoms with Crippen LogP contribution in [0.3, 0.4) is 0 Å². The SMILES string of the molecule is C=C1CCCC(O)(CCCC)C1O. The van der Waals surface area contributed by atoms with Crippen LogP contribution in [-0.2, 0) is 0 Å². The van der Waals surface area contributed by atoms with Crippen molar-refractivity contribution in [2.24, 2.45) is 0 Å². The van der Waals surface area contributed by atoms with Gasteiger partial charge in [-0.1, -0.05) is 26.3 Å². The third kappa shape index (κ3) is 2.32. The lowest BCUT2D eigenvalue weighted by Gasteiger charge is -2.38. The van der Waals surface area contributed by atoms with Crippen molar-refractivity contribution in [3.05, 3.63) is 12.2 Å². The van der Waals surface area contributed by atoms with Gasteiger partial charge in [-0.2, -0.15) is 0 Å². The highest BCUT2D eigenvalue weighted by molar-refractivity contribution is 5.13. The highest BCUT2D eigenvalue weighted by atomic mass is 16.3. The maximum absolute atomic E-state index is 10.1. The molecule has 1 fully saturated rings. The van der Waals surface area contributed by atoms with Crippen molar-refractivity contribution in [2.75, 3.05) is 0 Å². The Kier molecular flexibility index (Phi) is 3.51. The average Bonchev–Trinajstić information content (AvgIpc) is 2.11. The van der Waals surface area contributed by atoms with Crippen LogP contribution in [0.2, 0.25) is 0 Å². The molecule has 2 unspecified atom stereocenters. The number of unbranched alkanes of at least 4 members (excludes halogenated alkanes) is 1. The van der Waals surface area contributed by atoms with Crippen molar-refractivity contribution in [1.29, 1.82) is 0 Å². The summed E-state index contributed by atoms with van der Waals surface area (Å²) >= 11 is 0. The number of aliphatic hydroxyl groups is 2. The molecule has 2 atom stereocenters. The molecule has 1 aliphatic carbocycles. The third-order valence-electron chi connectivity index (χ3n) is 2.97. The van der Waals surface area contributed by atoms with Crippen molar-refractivity contribution in [2.45, 2.75) is 57.2 Å². The standard InChI is InChI=1S/C11H20O2/c1-3-4-7-11(13)8-5-6-9(2)10(11)12/h10,12-13H,2-8H2,1H3. The molecular weight excluding hydrogens is 164 g/mol. The molecule has 13 heavy (non-hydrogen) atoms. The van der Waals surface area contributed by atoms with Gasteiger partial charge in [-0.25, -0.2) is 0 Å².